The molecular weight excluding hydrogens is 214 g/mol. The summed E-state index contributed by atoms with van der Waals surface area (Å²) < 4.78 is 7.15. The van der Waals surface area contributed by atoms with Crippen molar-refractivity contribution in [2.75, 3.05) is 26.3 Å². The fourth-order valence-corrected chi connectivity index (χ4v) is 1.86. The fraction of sp³-hybridized carbons (Fsp3) is 0.700. The van der Waals surface area contributed by atoms with Crippen LogP contribution in [0, 0.1) is 5.92 Å². The fourth-order valence-electron chi connectivity index (χ4n) is 1.70. The first kappa shape index (κ1) is 10.9. The van der Waals surface area contributed by atoms with E-state index in [1.165, 1.54) is 6.42 Å². The molecule has 1 fully saturated rings. The molecule has 0 spiro atoms. The summed E-state index contributed by atoms with van der Waals surface area (Å²) in [6.07, 6.45) is 4.68. The van der Waals surface area contributed by atoms with Gasteiger partial charge < -0.3 is 10.1 Å². The van der Waals surface area contributed by atoms with Crippen LogP contribution in [0.25, 0.3) is 0 Å². The molecule has 1 saturated heterocycles. The van der Waals surface area contributed by atoms with Crippen molar-refractivity contribution >= 4 is 11.6 Å². The molecule has 5 heteroatoms. The molecule has 0 bridgehead atoms. The van der Waals surface area contributed by atoms with Gasteiger partial charge in [0, 0.05) is 25.9 Å². The Morgan fingerprint density at radius 1 is 1.67 bits per heavy atom. The number of hydrogen-bond donors (Lipinski definition) is 1. The summed E-state index contributed by atoms with van der Waals surface area (Å²) in [4.78, 5) is 0. The Balaban J connectivity index is 1.58. The Morgan fingerprint density at radius 3 is 3.27 bits per heavy atom. The standard InChI is InChI=1S/C10H16ClN3O/c11-10-6-13-14(7-10)3-2-12-5-9-1-4-15-8-9/h6-7,9,12H,1-5,8H2. The number of aromatic nitrogens is 2. The normalized spacial score (nSPS) is 21.0. The van der Waals surface area contributed by atoms with Gasteiger partial charge in [0.25, 0.3) is 0 Å². The zero-order valence-corrected chi connectivity index (χ0v) is 9.41. The lowest BCUT2D eigenvalue weighted by atomic mass is 10.1. The van der Waals surface area contributed by atoms with E-state index in [2.05, 4.69) is 10.4 Å². The van der Waals surface area contributed by atoms with E-state index in [1.807, 2.05) is 10.9 Å². The van der Waals surface area contributed by atoms with Gasteiger partial charge in [-0.2, -0.15) is 5.10 Å². The van der Waals surface area contributed by atoms with Gasteiger partial charge in [-0.15, -0.1) is 0 Å². The van der Waals surface area contributed by atoms with Gasteiger partial charge in [0.2, 0.25) is 0 Å². The molecule has 2 rings (SSSR count). The van der Waals surface area contributed by atoms with Crippen LogP contribution < -0.4 is 5.32 Å². The largest absolute Gasteiger partial charge is 0.381 e. The summed E-state index contributed by atoms with van der Waals surface area (Å²) >= 11 is 5.76. The Bertz CT molecular complexity index is 297. The number of hydrogen-bond acceptors (Lipinski definition) is 3. The first-order valence-corrected chi connectivity index (χ1v) is 5.69. The number of halogens is 1. The smallest absolute Gasteiger partial charge is 0.0785 e. The maximum atomic E-state index is 5.76. The van der Waals surface area contributed by atoms with Gasteiger partial charge in [0.15, 0.2) is 0 Å². The molecule has 0 radical (unpaired) electrons. The maximum Gasteiger partial charge on any atom is 0.0785 e. The second-order valence-electron chi connectivity index (χ2n) is 3.86. The summed E-state index contributed by atoms with van der Waals surface area (Å²) in [6, 6.07) is 0. The van der Waals surface area contributed by atoms with E-state index in [4.69, 9.17) is 16.3 Å². The number of nitrogens with one attached hydrogen (secondary N) is 1. The quantitative estimate of drug-likeness (QED) is 0.771. The highest BCUT2D eigenvalue weighted by Crippen LogP contribution is 2.10. The second kappa shape index (κ2) is 5.49. The Labute approximate surface area is 94.6 Å². The maximum absolute atomic E-state index is 5.76. The molecule has 0 aliphatic carbocycles. The van der Waals surface area contributed by atoms with E-state index in [0.717, 1.165) is 32.8 Å². The molecule has 1 atom stereocenters. The number of ether oxygens (including phenoxy) is 1. The molecule has 4 nitrogen and oxygen atoms in total. The van der Waals surface area contributed by atoms with Crippen LogP contribution in [0.1, 0.15) is 6.42 Å². The minimum Gasteiger partial charge on any atom is -0.381 e. The predicted molar refractivity (Wildman–Crippen MR) is 59.0 cm³/mol. The zero-order chi connectivity index (χ0) is 10.5. The molecule has 1 aliphatic heterocycles. The Hall–Kier alpha value is -0.580. The van der Waals surface area contributed by atoms with E-state index in [9.17, 15) is 0 Å². The third kappa shape index (κ3) is 3.48. The van der Waals surface area contributed by atoms with Crippen molar-refractivity contribution in [3.63, 3.8) is 0 Å². The van der Waals surface area contributed by atoms with Crippen LogP contribution in [0.2, 0.25) is 5.02 Å². The molecule has 1 aromatic rings. The average Bonchev–Trinajstić information content (AvgIpc) is 2.84. The minimum absolute atomic E-state index is 0.686. The van der Waals surface area contributed by atoms with Crippen molar-refractivity contribution in [3.05, 3.63) is 17.4 Å². The lowest BCUT2D eigenvalue weighted by molar-refractivity contribution is 0.185. The topological polar surface area (TPSA) is 39.1 Å². The van der Waals surface area contributed by atoms with Crippen LogP contribution in [0.15, 0.2) is 12.4 Å². The molecule has 0 aromatic carbocycles. The summed E-state index contributed by atoms with van der Waals surface area (Å²) in [5, 5.41) is 8.20. The molecule has 1 aromatic heterocycles. The monoisotopic (exact) mass is 229 g/mol. The van der Waals surface area contributed by atoms with Crippen LogP contribution in [0.3, 0.4) is 0 Å². The van der Waals surface area contributed by atoms with Crippen LogP contribution in [0.4, 0.5) is 0 Å². The van der Waals surface area contributed by atoms with Crippen LogP contribution in [-0.4, -0.2) is 36.1 Å². The van der Waals surface area contributed by atoms with Crippen molar-refractivity contribution in [1.29, 1.82) is 0 Å². The molecule has 1 aliphatic rings. The van der Waals surface area contributed by atoms with E-state index < -0.39 is 0 Å². The predicted octanol–water partition coefficient (Wildman–Crippen LogP) is 1.16. The Morgan fingerprint density at radius 2 is 2.60 bits per heavy atom. The van der Waals surface area contributed by atoms with E-state index in [1.54, 1.807) is 6.20 Å². The summed E-state index contributed by atoms with van der Waals surface area (Å²) in [5.74, 6) is 0.686. The molecule has 2 heterocycles. The summed E-state index contributed by atoms with van der Waals surface area (Å²) in [6.45, 7) is 4.64. The minimum atomic E-state index is 0.686. The van der Waals surface area contributed by atoms with Crippen molar-refractivity contribution < 1.29 is 4.74 Å². The van der Waals surface area contributed by atoms with Crippen LogP contribution >= 0.6 is 11.6 Å². The van der Waals surface area contributed by atoms with Gasteiger partial charge in [0.05, 0.1) is 24.4 Å². The highest BCUT2D eigenvalue weighted by molar-refractivity contribution is 6.30. The first-order valence-electron chi connectivity index (χ1n) is 5.31. The number of nitrogens with zero attached hydrogens (tertiary/aromatic N) is 2. The lowest BCUT2D eigenvalue weighted by Crippen LogP contribution is -2.26. The third-order valence-corrected chi connectivity index (χ3v) is 2.77. The van der Waals surface area contributed by atoms with Gasteiger partial charge in [-0.1, -0.05) is 11.6 Å². The van der Waals surface area contributed by atoms with Gasteiger partial charge >= 0.3 is 0 Å². The van der Waals surface area contributed by atoms with Crippen molar-refractivity contribution in [2.45, 2.75) is 13.0 Å². The van der Waals surface area contributed by atoms with E-state index in [0.29, 0.717) is 10.9 Å². The molecule has 15 heavy (non-hydrogen) atoms. The highest BCUT2D eigenvalue weighted by Gasteiger charge is 2.14. The van der Waals surface area contributed by atoms with Crippen molar-refractivity contribution in [1.82, 2.24) is 15.1 Å². The van der Waals surface area contributed by atoms with Crippen molar-refractivity contribution in [2.24, 2.45) is 5.92 Å². The highest BCUT2D eigenvalue weighted by atomic mass is 35.5. The second-order valence-corrected chi connectivity index (χ2v) is 4.29. The third-order valence-electron chi connectivity index (χ3n) is 2.58. The SMILES string of the molecule is Clc1cnn(CCNCC2CCOC2)c1. The Kier molecular flexibility index (Phi) is 4.00. The van der Waals surface area contributed by atoms with Gasteiger partial charge in [-0.25, -0.2) is 0 Å². The number of rotatable bonds is 5. The first-order chi connectivity index (χ1) is 7.34. The average molecular weight is 230 g/mol. The molecule has 84 valence electrons. The van der Waals surface area contributed by atoms with Gasteiger partial charge in [0.1, 0.15) is 0 Å². The van der Waals surface area contributed by atoms with Crippen LogP contribution in [-0.2, 0) is 11.3 Å². The zero-order valence-electron chi connectivity index (χ0n) is 8.66. The molecule has 0 saturated carbocycles. The lowest BCUT2D eigenvalue weighted by Gasteiger charge is -2.08. The summed E-state index contributed by atoms with van der Waals surface area (Å²) in [5.41, 5.74) is 0. The molecule has 1 N–H and O–H groups in total. The van der Waals surface area contributed by atoms with E-state index >= 15 is 0 Å². The molecular formula is C10H16ClN3O. The van der Waals surface area contributed by atoms with Gasteiger partial charge in [-0.05, 0) is 12.3 Å². The summed E-state index contributed by atoms with van der Waals surface area (Å²) in [7, 11) is 0. The van der Waals surface area contributed by atoms with Gasteiger partial charge in [-0.3, -0.25) is 4.68 Å². The van der Waals surface area contributed by atoms with Crippen LogP contribution in [0.5, 0.6) is 0 Å². The molecule has 0 amide bonds. The van der Waals surface area contributed by atoms with E-state index in [-0.39, 0.29) is 0 Å². The molecule has 1 unspecified atom stereocenters. The van der Waals surface area contributed by atoms with Crippen molar-refractivity contribution in [3.8, 4) is 0 Å².